The lowest BCUT2D eigenvalue weighted by Gasteiger charge is -2.42. The molecule has 1 aromatic carbocycles. The van der Waals surface area contributed by atoms with Gasteiger partial charge in [-0.25, -0.2) is 0 Å². The van der Waals surface area contributed by atoms with E-state index in [2.05, 4.69) is 74.9 Å². The molecule has 0 bridgehead atoms. The number of pyridine rings is 1. The smallest absolute Gasteiger partial charge is 0.251 e. The number of piperazine rings is 1. The molecule has 0 radical (unpaired) electrons. The van der Waals surface area contributed by atoms with Crippen molar-refractivity contribution < 1.29 is 4.79 Å². The van der Waals surface area contributed by atoms with E-state index in [0.717, 1.165) is 26.2 Å². The number of benzene rings is 1. The lowest BCUT2D eigenvalue weighted by molar-refractivity contribution is 0.0890. The highest BCUT2D eigenvalue weighted by molar-refractivity contribution is 7.10. The first-order valence-electron chi connectivity index (χ1n) is 10.0. The first-order chi connectivity index (χ1) is 14.2. The molecule has 2 aromatic heterocycles. The Morgan fingerprint density at radius 1 is 1.00 bits per heavy atom. The van der Waals surface area contributed by atoms with E-state index >= 15 is 0 Å². The maximum Gasteiger partial charge on any atom is 0.251 e. The van der Waals surface area contributed by atoms with Gasteiger partial charge in [-0.3, -0.25) is 14.7 Å². The summed E-state index contributed by atoms with van der Waals surface area (Å²) in [4.78, 5) is 22.9. The number of para-hydroxylation sites is 1. The van der Waals surface area contributed by atoms with E-state index in [-0.39, 0.29) is 18.0 Å². The molecule has 29 heavy (non-hydrogen) atoms. The Morgan fingerprint density at radius 2 is 1.72 bits per heavy atom. The van der Waals surface area contributed by atoms with Crippen molar-refractivity contribution in [3.05, 3.63) is 82.8 Å². The van der Waals surface area contributed by atoms with Crippen molar-refractivity contribution in [3.8, 4) is 0 Å². The van der Waals surface area contributed by atoms with Gasteiger partial charge in [0.05, 0.1) is 6.04 Å². The summed E-state index contributed by atoms with van der Waals surface area (Å²) in [6.45, 7) is 6.00. The quantitative estimate of drug-likeness (QED) is 0.676. The van der Waals surface area contributed by atoms with E-state index in [9.17, 15) is 4.79 Å². The van der Waals surface area contributed by atoms with Gasteiger partial charge >= 0.3 is 0 Å². The van der Waals surface area contributed by atoms with Gasteiger partial charge in [-0.1, -0.05) is 24.3 Å². The highest BCUT2D eigenvalue weighted by Gasteiger charge is 2.31. The molecule has 4 rings (SSSR count). The van der Waals surface area contributed by atoms with E-state index in [4.69, 9.17) is 0 Å². The number of hydrogen-bond donors (Lipinski definition) is 1. The molecule has 6 heteroatoms. The Kier molecular flexibility index (Phi) is 6.22. The van der Waals surface area contributed by atoms with Gasteiger partial charge in [0.1, 0.15) is 0 Å². The minimum atomic E-state index is -0.0515. The number of aromatic nitrogens is 1. The number of thiophene rings is 1. The molecule has 150 valence electrons. The number of nitrogens with one attached hydrogen (secondary N) is 1. The van der Waals surface area contributed by atoms with Crippen LogP contribution in [0.15, 0.2) is 72.4 Å². The number of amides is 1. The summed E-state index contributed by atoms with van der Waals surface area (Å²) in [7, 11) is 0. The van der Waals surface area contributed by atoms with E-state index in [1.54, 1.807) is 35.9 Å². The predicted molar refractivity (Wildman–Crippen MR) is 118 cm³/mol. The second kappa shape index (κ2) is 9.20. The van der Waals surface area contributed by atoms with Gasteiger partial charge in [-0.15, -0.1) is 11.3 Å². The van der Waals surface area contributed by atoms with Gasteiger partial charge in [-0.05, 0) is 42.6 Å². The van der Waals surface area contributed by atoms with Crippen LogP contribution < -0.4 is 10.2 Å². The summed E-state index contributed by atoms with van der Waals surface area (Å²) in [5, 5.41) is 5.32. The number of hydrogen-bond acceptors (Lipinski definition) is 5. The largest absolute Gasteiger partial charge is 0.369 e. The zero-order valence-corrected chi connectivity index (χ0v) is 17.4. The van der Waals surface area contributed by atoms with Crippen LogP contribution in [-0.2, 0) is 0 Å². The molecule has 1 aliphatic rings. The molecule has 1 fully saturated rings. The van der Waals surface area contributed by atoms with Gasteiger partial charge in [-0.2, -0.15) is 0 Å². The van der Waals surface area contributed by atoms with Crippen LogP contribution in [0.3, 0.4) is 0 Å². The van der Waals surface area contributed by atoms with E-state index in [1.807, 2.05) is 0 Å². The minimum Gasteiger partial charge on any atom is -0.369 e. The Balaban J connectivity index is 1.46. The first-order valence-corrected chi connectivity index (χ1v) is 10.9. The molecule has 1 amide bonds. The summed E-state index contributed by atoms with van der Waals surface area (Å²) in [5.74, 6) is -0.0515. The highest BCUT2D eigenvalue weighted by Crippen LogP contribution is 2.30. The van der Waals surface area contributed by atoms with Crippen molar-refractivity contribution >= 4 is 22.9 Å². The van der Waals surface area contributed by atoms with E-state index < -0.39 is 0 Å². The van der Waals surface area contributed by atoms with Gasteiger partial charge in [0.15, 0.2) is 0 Å². The second-order valence-corrected chi connectivity index (χ2v) is 8.30. The van der Waals surface area contributed by atoms with Crippen LogP contribution in [0.5, 0.6) is 0 Å². The topological polar surface area (TPSA) is 48.5 Å². The van der Waals surface area contributed by atoms with Gasteiger partial charge in [0.2, 0.25) is 0 Å². The van der Waals surface area contributed by atoms with E-state index in [0.29, 0.717) is 5.56 Å². The summed E-state index contributed by atoms with van der Waals surface area (Å²) < 4.78 is 0. The molecular formula is C23H26N4OS. The Bertz CT molecular complexity index is 893. The fraction of sp³-hybridized carbons (Fsp3) is 0.304. The average Bonchev–Trinajstić information content (AvgIpc) is 3.30. The van der Waals surface area contributed by atoms with Crippen LogP contribution in [0, 0.1) is 0 Å². The molecule has 2 atom stereocenters. The van der Waals surface area contributed by atoms with Crippen molar-refractivity contribution in [2.24, 2.45) is 0 Å². The molecule has 3 aromatic rings. The first kappa shape index (κ1) is 19.6. The summed E-state index contributed by atoms with van der Waals surface area (Å²) in [6.07, 6.45) is 3.30. The third-order valence-electron chi connectivity index (χ3n) is 5.44. The zero-order valence-electron chi connectivity index (χ0n) is 16.6. The van der Waals surface area contributed by atoms with Crippen LogP contribution in [0.2, 0.25) is 0 Å². The SMILES string of the molecule is C[C@H](NC(=O)c1ccncc1)[C@H](c1cccs1)N1CCN(c2ccccc2)CC1. The van der Waals surface area contributed by atoms with Crippen molar-refractivity contribution in [1.82, 2.24) is 15.2 Å². The molecule has 3 heterocycles. The van der Waals surface area contributed by atoms with Crippen molar-refractivity contribution in [3.63, 3.8) is 0 Å². The molecule has 1 saturated heterocycles. The predicted octanol–water partition coefficient (Wildman–Crippen LogP) is 3.82. The fourth-order valence-electron chi connectivity index (χ4n) is 3.97. The number of carbonyl (C=O) groups excluding carboxylic acids is 1. The standard InChI is InChI=1S/C23H26N4OS/c1-18(25-23(28)19-9-11-24-12-10-19)22(21-8-5-17-29-21)27-15-13-26(14-16-27)20-6-3-2-4-7-20/h2-12,17-18,22H,13-16H2,1H3,(H,25,28)/t18-,22+/m0/s1. The summed E-state index contributed by atoms with van der Waals surface area (Å²) in [5.41, 5.74) is 1.92. The third-order valence-corrected chi connectivity index (χ3v) is 6.38. The van der Waals surface area contributed by atoms with E-state index in [1.165, 1.54) is 10.6 Å². The highest BCUT2D eigenvalue weighted by atomic mass is 32.1. The van der Waals surface area contributed by atoms with Gasteiger partial charge in [0, 0.05) is 60.7 Å². The summed E-state index contributed by atoms with van der Waals surface area (Å²) >= 11 is 1.76. The van der Waals surface area contributed by atoms with Crippen molar-refractivity contribution in [1.29, 1.82) is 0 Å². The average molecular weight is 407 g/mol. The normalized spacial score (nSPS) is 16.9. The zero-order chi connectivity index (χ0) is 20.1. The van der Waals surface area contributed by atoms with Crippen molar-refractivity contribution in [2.45, 2.75) is 19.0 Å². The molecular weight excluding hydrogens is 380 g/mol. The number of anilines is 1. The lowest BCUT2D eigenvalue weighted by Crippen LogP contribution is -2.52. The maximum absolute atomic E-state index is 12.7. The van der Waals surface area contributed by atoms with Crippen LogP contribution >= 0.6 is 11.3 Å². The molecule has 5 nitrogen and oxygen atoms in total. The van der Waals surface area contributed by atoms with Gasteiger partial charge < -0.3 is 10.2 Å². The summed E-state index contributed by atoms with van der Waals surface area (Å²) in [6, 6.07) is 18.5. The number of carbonyl (C=O) groups is 1. The van der Waals surface area contributed by atoms with Crippen LogP contribution in [0.25, 0.3) is 0 Å². The lowest BCUT2D eigenvalue weighted by atomic mass is 10.0. The third kappa shape index (κ3) is 4.66. The molecule has 1 N–H and O–H groups in total. The molecule has 1 aliphatic heterocycles. The van der Waals surface area contributed by atoms with Crippen molar-refractivity contribution in [2.75, 3.05) is 31.1 Å². The van der Waals surface area contributed by atoms with Crippen LogP contribution in [0.1, 0.15) is 28.2 Å². The Labute approximate surface area is 176 Å². The number of rotatable bonds is 6. The van der Waals surface area contributed by atoms with Crippen LogP contribution in [-0.4, -0.2) is 48.0 Å². The monoisotopic (exact) mass is 406 g/mol. The minimum absolute atomic E-state index is 0.00223. The molecule has 0 saturated carbocycles. The number of nitrogens with zero attached hydrogens (tertiary/aromatic N) is 3. The molecule has 0 unspecified atom stereocenters. The van der Waals surface area contributed by atoms with Crippen LogP contribution in [0.4, 0.5) is 5.69 Å². The Hall–Kier alpha value is -2.70. The Morgan fingerprint density at radius 3 is 2.38 bits per heavy atom. The second-order valence-electron chi connectivity index (χ2n) is 7.32. The fourth-order valence-corrected chi connectivity index (χ4v) is 4.94. The van der Waals surface area contributed by atoms with Gasteiger partial charge in [0.25, 0.3) is 5.91 Å². The molecule has 0 spiro atoms. The molecule has 0 aliphatic carbocycles. The maximum atomic E-state index is 12.7.